The van der Waals surface area contributed by atoms with Crippen LogP contribution in [-0.4, -0.2) is 50.8 Å². The van der Waals surface area contributed by atoms with Crippen LogP contribution in [0.1, 0.15) is 19.4 Å². The first kappa shape index (κ1) is 17.3. The summed E-state index contributed by atoms with van der Waals surface area (Å²) in [6, 6.07) is 7.74. The highest BCUT2D eigenvalue weighted by molar-refractivity contribution is 5.73. The normalized spacial score (nSPS) is 10.5. The molecule has 0 bridgehead atoms. The highest BCUT2D eigenvalue weighted by Crippen LogP contribution is 2.17. The van der Waals surface area contributed by atoms with E-state index in [1.807, 2.05) is 24.3 Å². The maximum atomic E-state index is 11.7. The fourth-order valence-electron chi connectivity index (χ4n) is 2.15. The molecule has 0 saturated carbocycles. The van der Waals surface area contributed by atoms with Gasteiger partial charge < -0.3 is 20.3 Å². The molecule has 0 spiro atoms. The van der Waals surface area contributed by atoms with Crippen LogP contribution >= 0.6 is 0 Å². The molecule has 0 saturated heterocycles. The van der Waals surface area contributed by atoms with Crippen LogP contribution in [0.3, 0.4) is 0 Å². The van der Waals surface area contributed by atoms with Crippen molar-refractivity contribution in [3.63, 3.8) is 0 Å². The summed E-state index contributed by atoms with van der Waals surface area (Å²) < 4.78 is 5.28. The summed E-state index contributed by atoms with van der Waals surface area (Å²) in [6.07, 6.45) is 0.757. The van der Waals surface area contributed by atoms with Crippen LogP contribution in [0.25, 0.3) is 0 Å². The number of methoxy groups -OCH3 is 1. The lowest BCUT2D eigenvalue weighted by Gasteiger charge is -2.18. The Labute approximate surface area is 127 Å². The van der Waals surface area contributed by atoms with E-state index in [4.69, 9.17) is 4.74 Å². The van der Waals surface area contributed by atoms with E-state index in [-0.39, 0.29) is 6.03 Å². The third-order valence-electron chi connectivity index (χ3n) is 3.48. The molecule has 0 unspecified atom stereocenters. The molecule has 0 fully saturated rings. The van der Waals surface area contributed by atoms with Gasteiger partial charge in [-0.3, -0.25) is 0 Å². The molecule has 0 atom stereocenters. The predicted octanol–water partition coefficient (Wildman–Crippen LogP) is 1.88. The minimum absolute atomic E-state index is 0.114. The van der Waals surface area contributed by atoms with Gasteiger partial charge in [0.05, 0.1) is 7.11 Å². The van der Waals surface area contributed by atoms with Crippen molar-refractivity contribution in [3.05, 3.63) is 29.8 Å². The second-order valence-electron chi connectivity index (χ2n) is 4.77. The van der Waals surface area contributed by atoms with Crippen LogP contribution in [0, 0.1) is 0 Å². The number of urea groups is 1. The zero-order chi connectivity index (χ0) is 15.5. The second-order valence-corrected chi connectivity index (χ2v) is 4.77. The quantitative estimate of drug-likeness (QED) is 0.731. The lowest BCUT2D eigenvalue weighted by Crippen LogP contribution is -2.41. The third kappa shape index (κ3) is 6.49. The number of nitrogens with zero attached hydrogens (tertiary/aromatic N) is 1. The Morgan fingerprint density at radius 3 is 2.48 bits per heavy atom. The highest BCUT2D eigenvalue weighted by atomic mass is 16.5. The van der Waals surface area contributed by atoms with Gasteiger partial charge in [-0.1, -0.05) is 32.0 Å². The molecule has 0 aromatic heterocycles. The molecule has 0 heterocycles. The summed E-state index contributed by atoms with van der Waals surface area (Å²) in [5.41, 5.74) is 1.10. The van der Waals surface area contributed by atoms with E-state index in [0.717, 1.165) is 37.4 Å². The molecule has 2 N–H and O–H groups in total. The zero-order valence-electron chi connectivity index (χ0n) is 13.3. The molecule has 0 aliphatic rings. The summed E-state index contributed by atoms with van der Waals surface area (Å²) in [6.45, 7) is 8.40. The van der Waals surface area contributed by atoms with Crippen LogP contribution in [0.2, 0.25) is 0 Å². The Balaban J connectivity index is 2.21. The van der Waals surface area contributed by atoms with E-state index in [1.54, 1.807) is 7.11 Å². The summed E-state index contributed by atoms with van der Waals surface area (Å²) in [4.78, 5) is 13.9. The van der Waals surface area contributed by atoms with Crippen molar-refractivity contribution >= 4 is 6.03 Å². The van der Waals surface area contributed by atoms with Gasteiger partial charge in [-0.2, -0.15) is 0 Å². The molecule has 1 aromatic carbocycles. The van der Waals surface area contributed by atoms with Gasteiger partial charge in [-0.25, -0.2) is 4.79 Å². The van der Waals surface area contributed by atoms with Crippen LogP contribution in [0.15, 0.2) is 24.3 Å². The van der Waals surface area contributed by atoms with Gasteiger partial charge in [0.25, 0.3) is 0 Å². The third-order valence-corrected chi connectivity index (χ3v) is 3.48. The molecule has 1 aromatic rings. The van der Waals surface area contributed by atoms with Crippen molar-refractivity contribution < 1.29 is 9.53 Å². The molecular formula is C16H27N3O2. The maximum absolute atomic E-state index is 11.7. The van der Waals surface area contributed by atoms with E-state index in [0.29, 0.717) is 13.1 Å². The van der Waals surface area contributed by atoms with Crippen LogP contribution in [0.4, 0.5) is 4.79 Å². The van der Waals surface area contributed by atoms with Gasteiger partial charge in [0, 0.05) is 19.6 Å². The Bertz CT molecular complexity index is 420. The van der Waals surface area contributed by atoms with Crippen molar-refractivity contribution in [2.24, 2.45) is 0 Å². The molecule has 0 aliphatic heterocycles. The van der Waals surface area contributed by atoms with Gasteiger partial charge in [-0.15, -0.1) is 0 Å². The van der Waals surface area contributed by atoms with E-state index < -0.39 is 0 Å². The van der Waals surface area contributed by atoms with Crippen LogP contribution in [0.5, 0.6) is 5.75 Å². The highest BCUT2D eigenvalue weighted by Gasteiger charge is 2.04. The number of carbonyl (C=O) groups is 1. The van der Waals surface area contributed by atoms with Crippen molar-refractivity contribution in [3.8, 4) is 5.75 Å². The second kappa shape index (κ2) is 10.0. The van der Waals surface area contributed by atoms with Gasteiger partial charge in [0.15, 0.2) is 0 Å². The molecule has 0 aliphatic carbocycles. The number of likely N-dealkylation sites (N-methyl/N-ethyl adjacent to an activating group) is 1. The molecule has 118 valence electrons. The smallest absolute Gasteiger partial charge is 0.314 e. The van der Waals surface area contributed by atoms with Gasteiger partial charge in [-0.05, 0) is 31.1 Å². The first-order valence-corrected chi connectivity index (χ1v) is 7.57. The number of rotatable bonds is 9. The number of ether oxygens (including phenoxy) is 1. The average Bonchev–Trinajstić information content (AvgIpc) is 2.52. The lowest BCUT2D eigenvalue weighted by atomic mass is 10.1. The minimum Gasteiger partial charge on any atom is -0.496 e. The van der Waals surface area contributed by atoms with E-state index >= 15 is 0 Å². The van der Waals surface area contributed by atoms with Crippen LogP contribution < -0.4 is 15.4 Å². The number of amides is 2. The van der Waals surface area contributed by atoms with E-state index in [1.165, 1.54) is 0 Å². The largest absolute Gasteiger partial charge is 0.496 e. The van der Waals surface area contributed by atoms with Crippen molar-refractivity contribution in [1.29, 1.82) is 0 Å². The van der Waals surface area contributed by atoms with Gasteiger partial charge in [0.2, 0.25) is 0 Å². The van der Waals surface area contributed by atoms with Crippen molar-refractivity contribution in [2.75, 3.05) is 39.8 Å². The molecule has 5 nitrogen and oxygen atoms in total. The minimum atomic E-state index is -0.114. The molecule has 0 radical (unpaired) electrons. The average molecular weight is 293 g/mol. The number of hydrogen-bond acceptors (Lipinski definition) is 3. The number of benzene rings is 1. The maximum Gasteiger partial charge on any atom is 0.314 e. The van der Waals surface area contributed by atoms with Gasteiger partial charge in [0.1, 0.15) is 5.75 Å². The first-order valence-electron chi connectivity index (χ1n) is 7.57. The molecule has 2 amide bonds. The summed E-state index contributed by atoms with van der Waals surface area (Å²) in [7, 11) is 1.66. The molecule has 5 heteroatoms. The first-order chi connectivity index (χ1) is 10.2. The standard InChI is InChI=1S/C16H27N3O2/c1-4-19(5-2)13-12-18-16(20)17-11-10-14-8-6-7-9-15(14)21-3/h6-9H,4-5,10-13H2,1-3H3,(H2,17,18,20). The molecular weight excluding hydrogens is 266 g/mol. The fourth-order valence-corrected chi connectivity index (χ4v) is 2.15. The lowest BCUT2D eigenvalue weighted by molar-refractivity contribution is 0.237. The Morgan fingerprint density at radius 1 is 1.14 bits per heavy atom. The Hall–Kier alpha value is -1.75. The van der Waals surface area contributed by atoms with Crippen molar-refractivity contribution in [1.82, 2.24) is 15.5 Å². The Morgan fingerprint density at radius 2 is 1.81 bits per heavy atom. The molecule has 21 heavy (non-hydrogen) atoms. The predicted molar refractivity (Wildman–Crippen MR) is 85.9 cm³/mol. The number of hydrogen-bond donors (Lipinski definition) is 2. The van der Waals surface area contributed by atoms with Gasteiger partial charge >= 0.3 is 6.03 Å². The monoisotopic (exact) mass is 293 g/mol. The van der Waals surface area contributed by atoms with E-state index in [2.05, 4.69) is 29.4 Å². The SMILES string of the molecule is CCN(CC)CCNC(=O)NCCc1ccccc1OC. The van der Waals surface area contributed by atoms with Crippen molar-refractivity contribution in [2.45, 2.75) is 20.3 Å². The summed E-state index contributed by atoms with van der Waals surface area (Å²) >= 11 is 0. The summed E-state index contributed by atoms with van der Waals surface area (Å²) in [5, 5.41) is 5.74. The number of nitrogens with one attached hydrogen (secondary N) is 2. The molecule has 1 rings (SSSR count). The zero-order valence-corrected chi connectivity index (χ0v) is 13.3. The Kier molecular flexibility index (Phi) is 8.28. The van der Waals surface area contributed by atoms with Crippen LogP contribution in [-0.2, 0) is 6.42 Å². The fraction of sp³-hybridized carbons (Fsp3) is 0.562. The summed E-state index contributed by atoms with van der Waals surface area (Å²) in [5.74, 6) is 0.862. The van der Waals surface area contributed by atoms with E-state index in [9.17, 15) is 4.79 Å². The number of carbonyl (C=O) groups excluding carboxylic acids is 1. The topological polar surface area (TPSA) is 53.6 Å². The number of para-hydroxylation sites is 1.